The van der Waals surface area contributed by atoms with Crippen LogP contribution in [0.2, 0.25) is 0 Å². The number of hydrogen-bond donors (Lipinski definition) is 1. The lowest BCUT2D eigenvalue weighted by Gasteiger charge is -2.38. The van der Waals surface area contributed by atoms with Crippen molar-refractivity contribution in [1.29, 1.82) is 0 Å². The minimum absolute atomic E-state index is 0.547. The van der Waals surface area contributed by atoms with Gasteiger partial charge in [-0.05, 0) is 18.3 Å². The van der Waals surface area contributed by atoms with Crippen LogP contribution < -0.4 is 5.32 Å². The zero-order valence-corrected chi connectivity index (χ0v) is 10.9. The molecule has 4 heteroatoms. The lowest BCUT2D eigenvalue weighted by atomic mass is 9.70. The second kappa shape index (κ2) is 5.25. The third-order valence-corrected chi connectivity index (χ3v) is 4.16. The summed E-state index contributed by atoms with van der Waals surface area (Å²) in [7, 11) is 1.71. The van der Waals surface area contributed by atoms with Gasteiger partial charge in [-0.25, -0.2) is 4.98 Å². The Hall–Kier alpha value is -0.450. The molecule has 1 aromatic rings. The van der Waals surface area contributed by atoms with Gasteiger partial charge in [-0.15, -0.1) is 11.3 Å². The van der Waals surface area contributed by atoms with Crippen molar-refractivity contribution in [3.8, 4) is 0 Å². The Labute approximate surface area is 101 Å². The molecule has 1 heterocycles. The van der Waals surface area contributed by atoms with Crippen molar-refractivity contribution in [2.45, 2.75) is 39.3 Å². The highest BCUT2D eigenvalue weighted by molar-refractivity contribution is 7.09. The van der Waals surface area contributed by atoms with Crippen LogP contribution in [0, 0.1) is 5.41 Å². The first-order chi connectivity index (χ1) is 7.72. The molecule has 0 aliphatic heterocycles. The second-order valence-electron chi connectivity index (χ2n) is 4.93. The van der Waals surface area contributed by atoms with Gasteiger partial charge in [0, 0.05) is 25.6 Å². The zero-order valence-electron chi connectivity index (χ0n) is 10.1. The SMILES string of the molecule is COCc1nc(CNCC2(C)CCC2)cs1. The van der Waals surface area contributed by atoms with Crippen molar-refractivity contribution in [1.82, 2.24) is 10.3 Å². The number of aromatic nitrogens is 1. The summed E-state index contributed by atoms with van der Waals surface area (Å²) in [5.74, 6) is 0. The molecule has 0 amide bonds. The summed E-state index contributed by atoms with van der Waals surface area (Å²) in [5.41, 5.74) is 1.69. The summed E-state index contributed by atoms with van der Waals surface area (Å²) in [6.45, 7) is 4.99. The van der Waals surface area contributed by atoms with E-state index < -0.39 is 0 Å². The Morgan fingerprint density at radius 3 is 3.00 bits per heavy atom. The molecule has 1 aliphatic carbocycles. The maximum absolute atomic E-state index is 5.05. The van der Waals surface area contributed by atoms with Crippen LogP contribution in [-0.2, 0) is 17.9 Å². The molecule has 0 bridgehead atoms. The largest absolute Gasteiger partial charge is 0.378 e. The van der Waals surface area contributed by atoms with Crippen molar-refractivity contribution in [3.63, 3.8) is 0 Å². The quantitative estimate of drug-likeness (QED) is 0.830. The lowest BCUT2D eigenvalue weighted by molar-refractivity contribution is 0.156. The predicted molar refractivity (Wildman–Crippen MR) is 66.5 cm³/mol. The van der Waals surface area contributed by atoms with Gasteiger partial charge in [0.1, 0.15) is 5.01 Å². The molecule has 2 rings (SSSR count). The van der Waals surface area contributed by atoms with E-state index in [4.69, 9.17) is 4.74 Å². The average Bonchev–Trinajstić information content (AvgIpc) is 2.64. The third-order valence-electron chi connectivity index (χ3n) is 3.29. The standard InChI is InChI=1S/C12H20N2OS/c1-12(4-3-5-12)9-13-6-10-8-16-11(14-10)7-15-2/h8,13H,3-7,9H2,1-2H3. The Morgan fingerprint density at radius 1 is 1.56 bits per heavy atom. The maximum atomic E-state index is 5.05. The maximum Gasteiger partial charge on any atom is 0.119 e. The highest BCUT2D eigenvalue weighted by atomic mass is 32.1. The molecule has 1 N–H and O–H groups in total. The fourth-order valence-electron chi connectivity index (χ4n) is 2.07. The summed E-state index contributed by atoms with van der Waals surface area (Å²) < 4.78 is 5.05. The minimum Gasteiger partial charge on any atom is -0.378 e. The molecule has 1 aromatic heterocycles. The van der Waals surface area contributed by atoms with Crippen molar-refractivity contribution >= 4 is 11.3 Å². The molecule has 3 nitrogen and oxygen atoms in total. The van der Waals surface area contributed by atoms with Crippen LogP contribution in [-0.4, -0.2) is 18.6 Å². The first-order valence-electron chi connectivity index (χ1n) is 5.85. The van der Waals surface area contributed by atoms with E-state index in [1.807, 2.05) is 0 Å². The van der Waals surface area contributed by atoms with Crippen LogP contribution in [0.15, 0.2) is 5.38 Å². The van der Waals surface area contributed by atoms with Gasteiger partial charge in [0.2, 0.25) is 0 Å². The van der Waals surface area contributed by atoms with E-state index in [1.54, 1.807) is 18.4 Å². The number of thiazole rings is 1. The molecule has 90 valence electrons. The Kier molecular flexibility index (Phi) is 3.95. The fourth-order valence-corrected chi connectivity index (χ4v) is 2.83. The first kappa shape index (κ1) is 12.0. The summed E-state index contributed by atoms with van der Waals surface area (Å²) in [6.07, 6.45) is 4.13. The van der Waals surface area contributed by atoms with Crippen molar-refractivity contribution < 1.29 is 4.74 Å². The molecule has 16 heavy (non-hydrogen) atoms. The van der Waals surface area contributed by atoms with Crippen LogP contribution >= 0.6 is 11.3 Å². The van der Waals surface area contributed by atoms with Crippen LogP contribution in [0.1, 0.15) is 36.9 Å². The third kappa shape index (κ3) is 3.03. The van der Waals surface area contributed by atoms with Gasteiger partial charge in [-0.1, -0.05) is 13.3 Å². The zero-order chi connectivity index (χ0) is 11.4. The van der Waals surface area contributed by atoms with Gasteiger partial charge >= 0.3 is 0 Å². The molecule has 1 fully saturated rings. The van der Waals surface area contributed by atoms with Crippen molar-refractivity contribution in [3.05, 3.63) is 16.1 Å². The van der Waals surface area contributed by atoms with Gasteiger partial charge in [-0.3, -0.25) is 0 Å². The Morgan fingerprint density at radius 2 is 2.38 bits per heavy atom. The summed E-state index contributed by atoms with van der Waals surface area (Å²) in [6, 6.07) is 0. The topological polar surface area (TPSA) is 34.1 Å². The number of nitrogens with zero attached hydrogens (tertiary/aromatic N) is 1. The van der Waals surface area contributed by atoms with E-state index in [-0.39, 0.29) is 0 Å². The van der Waals surface area contributed by atoms with E-state index >= 15 is 0 Å². The monoisotopic (exact) mass is 240 g/mol. The van der Waals surface area contributed by atoms with E-state index in [0.717, 1.165) is 23.8 Å². The molecule has 0 saturated heterocycles. The van der Waals surface area contributed by atoms with Gasteiger partial charge < -0.3 is 10.1 Å². The van der Waals surface area contributed by atoms with E-state index in [0.29, 0.717) is 12.0 Å². The molecule has 1 aliphatic rings. The van der Waals surface area contributed by atoms with Crippen LogP contribution in [0.25, 0.3) is 0 Å². The molecule has 0 spiro atoms. The molecule has 0 radical (unpaired) electrons. The van der Waals surface area contributed by atoms with E-state index in [2.05, 4.69) is 22.6 Å². The summed E-state index contributed by atoms with van der Waals surface area (Å²) >= 11 is 1.68. The smallest absolute Gasteiger partial charge is 0.119 e. The number of hydrogen-bond acceptors (Lipinski definition) is 4. The van der Waals surface area contributed by atoms with Gasteiger partial charge in [0.05, 0.1) is 12.3 Å². The molecule has 0 unspecified atom stereocenters. The van der Waals surface area contributed by atoms with Crippen LogP contribution in [0.4, 0.5) is 0 Å². The highest BCUT2D eigenvalue weighted by Crippen LogP contribution is 2.39. The number of ether oxygens (including phenoxy) is 1. The highest BCUT2D eigenvalue weighted by Gasteiger charge is 2.30. The second-order valence-corrected chi connectivity index (χ2v) is 5.88. The molecular weight excluding hydrogens is 220 g/mol. The van der Waals surface area contributed by atoms with Crippen molar-refractivity contribution in [2.24, 2.45) is 5.41 Å². The Balaban J connectivity index is 1.72. The molecule has 0 aromatic carbocycles. The molecule has 0 atom stereocenters. The lowest BCUT2D eigenvalue weighted by Crippen LogP contribution is -2.37. The molecular formula is C12H20N2OS. The molecule has 1 saturated carbocycles. The summed E-state index contributed by atoms with van der Waals surface area (Å²) in [5, 5.41) is 6.68. The first-order valence-corrected chi connectivity index (χ1v) is 6.73. The number of methoxy groups -OCH3 is 1. The van der Waals surface area contributed by atoms with Gasteiger partial charge in [0.15, 0.2) is 0 Å². The normalized spacial score (nSPS) is 18.4. The van der Waals surface area contributed by atoms with Gasteiger partial charge in [0.25, 0.3) is 0 Å². The van der Waals surface area contributed by atoms with Crippen LogP contribution in [0.5, 0.6) is 0 Å². The van der Waals surface area contributed by atoms with E-state index in [1.165, 1.54) is 19.3 Å². The van der Waals surface area contributed by atoms with Crippen LogP contribution in [0.3, 0.4) is 0 Å². The van der Waals surface area contributed by atoms with Gasteiger partial charge in [-0.2, -0.15) is 0 Å². The number of nitrogens with one attached hydrogen (secondary N) is 1. The Bertz CT molecular complexity index is 334. The number of rotatable bonds is 6. The van der Waals surface area contributed by atoms with E-state index in [9.17, 15) is 0 Å². The van der Waals surface area contributed by atoms with Crippen molar-refractivity contribution in [2.75, 3.05) is 13.7 Å². The predicted octanol–water partition coefficient (Wildman–Crippen LogP) is 2.57. The minimum atomic E-state index is 0.547. The fraction of sp³-hybridized carbons (Fsp3) is 0.750. The average molecular weight is 240 g/mol. The summed E-state index contributed by atoms with van der Waals surface area (Å²) in [4.78, 5) is 4.49.